The summed E-state index contributed by atoms with van der Waals surface area (Å²) in [6, 6.07) is 0. The zero-order valence-electron chi connectivity index (χ0n) is 7.29. The van der Waals surface area contributed by atoms with Crippen LogP contribution in [0, 0.1) is 0 Å². The highest BCUT2D eigenvalue weighted by atomic mass is 32.2. The predicted octanol–water partition coefficient (Wildman–Crippen LogP) is 2.13. The van der Waals surface area contributed by atoms with E-state index < -0.39 is 0 Å². The third-order valence-corrected chi connectivity index (χ3v) is 2.02. The van der Waals surface area contributed by atoms with Crippen molar-refractivity contribution in [2.24, 2.45) is 0 Å². The molecule has 4 heteroatoms. The second-order valence-electron chi connectivity index (χ2n) is 1.81. The van der Waals surface area contributed by atoms with E-state index in [4.69, 9.17) is 4.74 Å². The fourth-order valence-electron chi connectivity index (χ4n) is 0.624. The highest BCUT2D eigenvalue weighted by Crippen LogP contribution is 2.09. The molecule has 11 heavy (non-hydrogen) atoms. The Morgan fingerprint density at radius 1 is 1.45 bits per heavy atom. The number of carbonyl (C=O) groups is 1. The fraction of sp³-hybridized carbons (Fsp3) is 0.857. The second kappa shape index (κ2) is 6.34. The number of nitrogens with zero attached hydrogens (tertiary/aromatic N) is 1. The van der Waals surface area contributed by atoms with Crippen LogP contribution in [0.4, 0.5) is 4.79 Å². The Kier molecular flexibility index (Phi) is 6.12. The van der Waals surface area contributed by atoms with Gasteiger partial charge in [-0.1, -0.05) is 6.92 Å². The van der Waals surface area contributed by atoms with Gasteiger partial charge in [-0.25, -0.2) is 4.79 Å². The summed E-state index contributed by atoms with van der Waals surface area (Å²) in [7, 11) is 0. The molecule has 0 fully saturated rings. The van der Waals surface area contributed by atoms with Crippen LogP contribution in [0.25, 0.3) is 0 Å². The van der Waals surface area contributed by atoms with Gasteiger partial charge in [0.15, 0.2) is 0 Å². The van der Waals surface area contributed by atoms with Crippen molar-refractivity contribution in [3.8, 4) is 0 Å². The van der Waals surface area contributed by atoms with Crippen LogP contribution >= 0.6 is 11.9 Å². The Bertz CT molecular complexity index is 119. The molecule has 0 rings (SSSR count). The van der Waals surface area contributed by atoms with Crippen LogP contribution in [0.2, 0.25) is 0 Å². The van der Waals surface area contributed by atoms with Crippen LogP contribution in [-0.4, -0.2) is 29.3 Å². The van der Waals surface area contributed by atoms with Gasteiger partial charge in [0.25, 0.3) is 0 Å². The van der Waals surface area contributed by atoms with Crippen LogP contribution in [0.1, 0.15) is 20.8 Å². The van der Waals surface area contributed by atoms with E-state index >= 15 is 0 Å². The van der Waals surface area contributed by atoms with E-state index in [9.17, 15) is 4.79 Å². The highest BCUT2D eigenvalue weighted by molar-refractivity contribution is 7.97. The number of amides is 1. The lowest BCUT2D eigenvalue weighted by Crippen LogP contribution is -2.25. The second-order valence-corrected chi connectivity index (χ2v) is 3.09. The summed E-state index contributed by atoms with van der Waals surface area (Å²) < 4.78 is 6.43. The molecule has 0 aromatic carbocycles. The number of carbonyl (C=O) groups excluding carboxylic acids is 1. The maximum atomic E-state index is 11.0. The smallest absolute Gasteiger partial charge is 0.419 e. The van der Waals surface area contributed by atoms with Crippen molar-refractivity contribution in [2.75, 3.05) is 18.9 Å². The molecule has 0 aromatic rings. The minimum Gasteiger partial charge on any atom is -0.449 e. The summed E-state index contributed by atoms with van der Waals surface area (Å²) >= 11 is 1.48. The summed E-state index contributed by atoms with van der Waals surface area (Å²) in [6.45, 7) is 6.88. The zero-order chi connectivity index (χ0) is 8.69. The molecule has 0 bridgehead atoms. The van der Waals surface area contributed by atoms with E-state index in [0.717, 1.165) is 5.75 Å². The van der Waals surface area contributed by atoms with Gasteiger partial charge in [0.1, 0.15) is 0 Å². The van der Waals surface area contributed by atoms with Gasteiger partial charge in [-0.15, -0.1) is 0 Å². The third-order valence-electron chi connectivity index (χ3n) is 1.04. The maximum absolute atomic E-state index is 11.0. The Morgan fingerprint density at radius 2 is 2.09 bits per heavy atom. The predicted molar refractivity (Wildman–Crippen MR) is 47.5 cm³/mol. The monoisotopic (exact) mass is 177 g/mol. The SMILES string of the molecule is CCOC(=O)N(CC)SCC. The van der Waals surface area contributed by atoms with Crippen molar-refractivity contribution in [3.05, 3.63) is 0 Å². The Labute approximate surface area is 72.2 Å². The molecule has 0 aromatic heterocycles. The molecule has 0 saturated heterocycles. The zero-order valence-corrected chi connectivity index (χ0v) is 8.11. The lowest BCUT2D eigenvalue weighted by molar-refractivity contribution is 0.135. The van der Waals surface area contributed by atoms with Crippen LogP contribution in [0.5, 0.6) is 0 Å². The molecule has 1 amide bonds. The summed E-state index contributed by atoms with van der Waals surface area (Å²) in [5.41, 5.74) is 0. The van der Waals surface area contributed by atoms with Gasteiger partial charge >= 0.3 is 6.09 Å². The molecule has 66 valence electrons. The minimum absolute atomic E-state index is 0.234. The molecular weight excluding hydrogens is 162 g/mol. The lowest BCUT2D eigenvalue weighted by atomic mass is 10.7. The molecule has 0 aliphatic carbocycles. The van der Waals surface area contributed by atoms with Crippen LogP contribution in [0.15, 0.2) is 0 Å². The largest absolute Gasteiger partial charge is 0.449 e. The molecule has 0 saturated carbocycles. The van der Waals surface area contributed by atoms with Gasteiger partial charge in [-0.2, -0.15) is 0 Å². The average molecular weight is 177 g/mol. The van der Waals surface area contributed by atoms with Gasteiger partial charge < -0.3 is 4.74 Å². The average Bonchev–Trinajstić information content (AvgIpc) is 2.00. The number of rotatable bonds is 4. The summed E-state index contributed by atoms with van der Waals surface area (Å²) in [5, 5.41) is 0. The molecule has 0 unspecified atom stereocenters. The van der Waals surface area contributed by atoms with E-state index in [1.165, 1.54) is 11.9 Å². The van der Waals surface area contributed by atoms with Crippen molar-refractivity contribution in [3.63, 3.8) is 0 Å². The van der Waals surface area contributed by atoms with Crippen molar-refractivity contribution >= 4 is 18.0 Å². The summed E-state index contributed by atoms with van der Waals surface area (Å²) in [6.07, 6.45) is -0.234. The Hall–Kier alpha value is -0.380. The van der Waals surface area contributed by atoms with Crippen molar-refractivity contribution < 1.29 is 9.53 Å². The number of hydrogen-bond donors (Lipinski definition) is 0. The van der Waals surface area contributed by atoms with Gasteiger partial charge in [-0.05, 0) is 25.8 Å². The van der Waals surface area contributed by atoms with Gasteiger partial charge in [-0.3, -0.25) is 4.31 Å². The third kappa shape index (κ3) is 4.14. The molecule has 0 heterocycles. The van der Waals surface area contributed by atoms with Gasteiger partial charge in [0, 0.05) is 12.3 Å². The first kappa shape index (κ1) is 10.6. The van der Waals surface area contributed by atoms with Gasteiger partial charge in [0.05, 0.1) is 6.61 Å². The summed E-state index contributed by atoms with van der Waals surface area (Å²) in [4.78, 5) is 11.0. The van der Waals surface area contributed by atoms with E-state index in [1.54, 1.807) is 4.31 Å². The fourth-order valence-corrected chi connectivity index (χ4v) is 1.28. The van der Waals surface area contributed by atoms with Crippen LogP contribution < -0.4 is 0 Å². The van der Waals surface area contributed by atoms with E-state index in [2.05, 4.69) is 0 Å². The van der Waals surface area contributed by atoms with Crippen LogP contribution in [0.3, 0.4) is 0 Å². The quantitative estimate of drug-likeness (QED) is 0.616. The first-order chi connectivity index (χ1) is 5.26. The highest BCUT2D eigenvalue weighted by Gasteiger charge is 2.10. The first-order valence-electron chi connectivity index (χ1n) is 3.83. The van der Waals surface area contributed by atoms with Gasteiger partial charge in [0.2, 0.25) is 0 Å². The lowest BCUT2D eigenvalue weighted by Gasteiger charge is -2.16. The molecule has 0 atom stereocenters. The molecule has 0 aliphatic rings. The van der Waals surface area contributed by atoms with Crippen LogP contribution in [-0.2, 0) is 4.74 Å². The van der Waals surface area contributed by atoms with E-state index in [-0.39, 0.29) is 6.09 Å². The Morgan fingerprint density at radius 3 is 2.45 bits per heavy atom. The van der Waals surface area contributed by atoms with Crippen molar-refractivity contribution in [1.29, 1.82) is 0 Å². The molecule has 3 nitrogen and oxygen atoms in total. The normalized spacial score (nSPS) is 9.36. The maximum Gasteiger partial charge on any atom is 0.419 e. The standard InChI is InChI=1S/C7H15NO2S/c1-4-8(11-6-3)7(9)10-5-2/h4-6H2,1-3H3. The van der Waals surface area contributed by atoms with E-state index in [1.807, 2.05) is 20.8 Å². The topological polar surface area (TPSA) is 29.5 Å². The Balaban J connectivity index is 3.71. The molecule has 0 N–H and O–H groups in total. The number of hydrogen-bond acceptors (Lipinski definition) is 3. The van der Waals surface area contributed by atoms with E-state index in [0.29, 0.717) is 13.2 Å². The molecule has 0 radical (unpaired) electrons. The van der Waals surface area contributed by atoms with Crippen molar-refractivity contribution in [2.45, 2.75) is 20.8 Å². The number of ether oxygens (including phenoxy) is 1. The molecular formula is C7H15NO2S. The molecule has 0 aliphatic heterocycles. The summed E-state index contributed by atoms with van der Waals surface area (Å²) in [5.74, 6) is 0.895. The first-order valence-corrected chi connectivity index (χ1v) is 4.77. The van der Waals surface area contributed by atoms with Crippen molar-refractivity contribution in [1.82, 2.24) is 4.31 Å². The molecule has 0 spiro atoms. The minimum atomic E-state index is -0.234.